The number of sulfonamides is 1. The fraction of sp³-hybridized carbons (Fsp3) is 0.562. The fourth-order valence-electron chi connectivity index (χ4n) is 2.61. The van der Waals surface area contributed by atoms with Gasteiger partial charge in [-0.15, -0.1) is 0 Å². The second kappa shape index (κ2) is 8.04. The lowest BCUT2D eigenvalue weighted by atomic mass is 10.0. The molecule has 1 aliphatic rings. The molecule has 1 fully saturated rings. The molecule has 8 heteroatoms. The molecule has 1 aromatic rings. The number of ether oxygens (including phenoxy) is 1. The van der Waals surface area contributed by atoms with Crippen molar-refractivity contribution in [1.29, 1.82) is 0 Å². The van der Waals surface area contributed by atoms with Crippen molar-refractivity contribution in [2.24, 2.45) is 5.92 Å². The van der Waals surface area contributed by atoms with Crippen LogP contribution in [0.5, 0.6) is 0 Å². The topological polar surface area (TPSA) is 75.7 Å². The van der Waals surface area contributed by atoms with Gasteiger partial charge in [0.25, 0.3) is 0 Å². The molecular weight excluding hydrogens is 335 g/mol. The molecule has 0 unspecified atom stereocenters. The third-order valence-corrected chi connectivity index (χ3v) is 6.06. The minimum Gasteiger partial charge on any atom is -0.379 e. The zero-order valence-corrected chi connectivity index (χ0v) is 14.7. The molecule has 1 amide bonds. The molecule has 134 valence electrons. The smallest absolute Gasteiger partial charge is 0.246 e. The molecule has 0 saturated carbocycles. The lowest BCUT2D eigenvalue weighted by molar-refractivity contribution is -0.120. The first-order valence-electron chi connectivity index (χ1n) is 8.08. The third-order valence-electron chi connectivity index (χ3n) is 4.14. The lowest BCUT2D eigenvalue weighted by Crippen LogP contribution is -2.40. The van der Waals surface area contributed by atoms with Crippen LogP contribution in [0, 0.1) is 11.7 Å². The van der Waals surface area contributed by atoms with Crippen molar-refractivity contribution in [1.82, 2.24) is 4.31 Å². The number of nitrogens with zero attached hydrogens (tertiary/aromatic N) is 1. The van der Waals surface area contributed by atoms with Crippen molar-refractivity contribution >= 4 is 21.6 Å². The van der Waals surface area contributed by atoms with Gasteiger partial charge < -0.3 is 10.1 Å². The standard InChI is InChI=1S/C16H23FN2O4S/c1-3-12(4-2)16(20)18-13-5-6-14(17)15(11-13)24(21,22)19-7-9-23-10-8-19/h5-6,11-12H,3-4,7-10H2,1-2H3,(H,18,20). The van der Waals surface area contributed by atoms with E-state index in [1.165, 1.54) is 16.4 Å². The molecule has 6 nitrogen and oxygen atoms in total. The Hall–Kier alpha value is -1.51. The van der Waals surface area contributed by atoms with Crippen molar-refractivity contribution in [3.8, 4) is 0 Å². The summed E-state index contributed by atoms with van der Waals surface area (Å²) < 4.78 is 45.6. The van der Waals surface area contributed by atoms with Crippen LogP contribution in [0.3, 0.4) is 0 Å². The molecule has 24 heavy (non-hydrogen) atoms. The Morgan fingerprint density at radius 1 is 1.29 bits per heavy atom. The van der Waals surface area contributed by atoms with Gasteiger partial charge in [0.1, 0.15) is 10.7 Å². The predicted octanol–water partition coefficient (Wildman–Crippen LogP) is 2.22. The SMILES string of the molecule is CCC(CC)C(=O)Nc1ccc(F)c(S(=O)(=O)N2CCOCC2)c1. The highest BCUT2D eigenvalue weighted by atomic mass is 32.2. The second-order valence-electron chi connectivity index (χ2n) is 5.66. The molecule has 0 aliphatic carbocycles. The van der Waals surface area contributed by atoms with Crippen molar-refractivity contribution in [2.75, 3.05) is 31.6 Å². The summed E-state index contributed by atoms with van der Waals surface area (Å²) in [6.07, 6.45) is 1.37. The molecule has 1 heterocycles. The van der Waals surface area contributed by atoms with Gasteiger partial charge in [0.2, 0.25) is 15.9 Å². The van der Waals surface area contributed by atoms with E-state index in [1.807, 2.05) is 13.8 Å². The highest BCUT2D eigenvalue weighted by molar-refractivity contribution is 7.89. The van der Waals surface area contributed by atoms with Crippen molar-refractivity contribution in [3.05, 3.63) is 24.0 Å². The Kier molecular flexibility index (Phi) is 6.31. The summed E-state index contributed by atoms with van der Waals surface area (Å²) >= 11 is 0. The third kappa shape index (κ3) is 4.12. The first kappa shape index (κ1) is 18.8. The molecule has 1 aromatic carbocycles. The van der Waals surface area contributed by atoms with E-state index in [0.717, 1.165) is 6.07 Å². The summed E-state index contributed by atoms with van der Waals surface area (Å²) in [5.74, 6) is -1.18. The molecule has 0 spiro atoms. The summed E-state index contributed by atoms with van der Waals surface area (Å²) in [5, 5.41) is 2.67. The van der Waals surface area contributed by atoms with Gasteiger partial charge in [-0.05, 0) is 31.0 Å². The zero-order chi connectivity index (χ0) is 17.7. The molecule has 1 aliphatic heterocycles. The Morgan fingerprint density at radius 2 is 1.92 bits per heavy atom. The molecular formula is C16H23FN2O4S. The number of morpholine rings is 1. The maximum atomic E-state index is 14.1. The van der Waals surface area contributed by atoms with E-state index in [4.69, 9.17) is 4.74 Å². The number of rotatable bonds is 6. The van der Waals surface area contributed by atoms with Gasteiger partial charge in [-0.1, -0.05) is 13.8 Å². The van der Waals surface area contributed by atoms with E-state index >= 15 is 0 Å². The van der Waals surface area contributed by atoms with Crippen LogP contribution in [0.15, 0.2) is 23.1 Å². The van der Waals surface area contributed by atoms with Crippen molar-refractivity contribution in [2.45, 2.75) is 31.6 Å². The van der Waals surface area contributed by atoms with E-state index in [2.05, 4.69) is 5.32 Å². The minimum absolute atomic E-state index is 0.158. The monoisotopic (exact) mass is 358 g/mol. The summed E-state index contributed by atoms with van der Waals surface area (Å²) in [7, 11) is -3.96. The highest BCUT2D eigenvalue weighted by Gasteiger charge is 2.29. The fourth-order valence-corrected chi connectivity index (χ4v) is 4.11. The van der Waals surface area contributed by atoms with Gasteiger partial charge in [0.05, 0.1) is 13.2 Å². The Balaban J connectivity index is 2.26. The second-order valence-corrected chi connectivity index (χ2v) is 7.57. The Labute approximate surface area is 142 Å². The average Bonchev–Trinajstić information content (AvgIpc) is 2.58. The number of hydrogen-bond donors (Lipinski definition) is 1. The quantitative estimate of drug-likeness (QED) is 0.846. The number of hydrogen-bond acceptors (Lipinski definition) is 4. The van der Waals surface area contributed by atoms with Crippen LogP contribution in [-0.2, 0) is 19.6 Å². The normalized spacial score (nSPS) is 16.3. The van der Waals surface area contributed by atoms with E-state index in [9.17, 15) is 17.6 Å². The number of carbonyl (C=O) groups excluding carboxylic acids is 1. The van der Waals surface area contributed by atoms with Gasteiger partial charge in [-0.25, -0.2) is 12.8 Å². The van der Waals surface area contributed by atoms with Gasteiger partial charge in [-0.3, -0.25) is 4.79 Å². The van der Waals surface area contributed by atoms with Gasteiger partial charge in [-0.2, -0.15) is 4.31 Å². The summed E-state index contributed by atoms with van der Waals surface area (Å²) in [4.78, 5) is 11.7. The van der Waals surface area contributed by atoms with E-state index in [1.54, 1.807) is 0 Å². The van der Waals surface area contributed by atoms with Crippen molar-refractivity contribution < 1.29 is 22.3 Å². The summed E-state index contributed by atoms with van der Waals surface area (Å²) in [5.41, 5.74) is 0.278. The average molecular weight is 358 g/mol. The van der Waals surface area contributed by atoms with Crippen LogP contribution in [0.25, 0.3) is 0 Å². The lowest BCUT2D eigenvalue weighted by Gasteiger charge is -2.26. The first-order valence-corrected chi connectivity index (χ1v) is 9.52. The highest BCUT2D eigenvalue weighted by Crippen LogP contribution is 2.24. The number of amides is 1. The van der Waals surface area contributed by atoms with Gasteiger partial charge in [0, 0.05) is 24.7 Å². The van der Waals surface area contributed by atoms with E-state index in [-0.39, 0.29) is 43.8 Å². The van der Waals surface area contributed by atoms with Crippen LogP contribution in [0.2, 0.25) is 0 Å². The van der Waals surface area contributed by atoms with Crippen LogP contribution >= 0.6 is 0 Å². The molecule has 0 aromatic heterocycles. The zero-order valence-electron chi connectivity index (χ0n) is 13.9. The first-order chi connectivity index (χ1) is 11.4. The number of carbonyl (C=O) groups is 1. The van der Waals surface area contributed by atoms with Crippen molar-refractivity contribution in [3.63, 3.8) is 0 Å². The van der Waals surface area contributed by atoms with Gasteiger partial charge >= 0.3 is 0 Å². The summed E-state index contributed by atoms with van der Waals surface area (Å²) in [6, 6.07) is 3.62. The van der Waals surface area contributed by atoms with Crippen LogP contribution < -0.4 is 5.32 Å². The Bertz CT molecular complexity index is 683. The van der Waals surface area contributed by atoms with Gasteiger partial charge in [0.15, 0.2) is 0 Å². The number of halogens is 1. The molecule has 1 N–H and O–H groups in total. The molecule has 2 rings (SSSR count). The van der Waals surface area contributed by atoms with Crippen LogP contribution in [0.1, 0.15) is 26.7 Å². The molecule has 0 bridgehead atoms. The minimum atomic E-state index is -3.96. The maximum absolute atomic E-state index is 14.1. The van der Waals surface area contributed by atoms with Crippen LogP contribution in [-0.4, -0.2) is 44.9 Å². The predicted molar refractivity (Wildman–Crippen MR) is 88.7 cm³/mol. The van der Waals surface area contributed by atoms with Crippen LogP contribution in [0.4, 0.5) is 10.1 Å². The molecule has 0 radical (unpaired) electrons. The number of benzene rings is 1. The molecule has 0 atom stereocenters. The summed E-state index contributed by atoms with van der Waals surface area (Å²) in [6.45, 7) is 4.76. The van der Waals surface area contributed by atoms with E-state index < -0.39 is 20.7 Å². The van der Waals surface area contributed by atoms with E-state index in [0.29, 0.717) is 12.8 Å². The maximum Gasteiger partial charge on any atom is 0.246 e. The molecule has 1 saturated heterocycles. The number of anilines is 1. The Morgan fingerprint density at radius 3 is 2.50 bits per heavy atom. The number of nitrogens with one attached hydrogen (secondary N) is 1. The largest absolute Gasteiger partial charge is 0.379 e.